The predicted molar refractivity (Wildman–Crippen MR) is 78.0 cm³/mol. The summed E-state index contributed by atoms with van der Waals surface area (Å²) >= 11 is 0. The first-order valence-corrected chi connectivity index (χ1v) is 6.81. The van der Waals surface area contributed by atoms with Crippen LogP contribution < -0.4 is 5.32 Å². The smallest absolute Gasteiger partial charge is 0.309 e. The van der Waals surface area contributed by atoms with Gasteiger partial charge in [0.1, 0.15) is 11.9 Å². The van der Waals surface area contributed by atoms with E-state index in [1.54, 1.807) is 11.6 Å². The summed E-state index contributed by atoms with van der Waals surface area (Å²) in [6.07, 6.45) is 3.27. The quantitative estimate of drug-likeness (QED) is 0.628. The van der Waals surface area contributed by atoms with Gasteiger partial charge in [-0.25, -0.2) is 0 Å². The molecule has 0 saturated heterocycles. The lowest BCUT2D eigenvalue weighted by Gasteiger charge is -2.05. The number of aryl methyl sites for hydroxylation is 3. The molecule has 22 heavy (non-hydrogen) atoms. The summed E-state index contributed by atoms with van der Waals surface area (Å²) in [5.41, 5.74) is 2.25. The normalized spacial score (nSPS) is 10.7. The minimum absolute atomic E-state index is 0.0357. The molecule has 2 heterocycles. The second-order valence-corrected chi connectivity index (χ2v) is 5.04. The predicted octanol–water partition coefficient (Wildman–Crippen LogP) is 0.848. The van der Waals surface area contributed by atoms with Crippen molar-refractivity contribution in [3.05, 3.63) is 39.5 Å². The molecule has 2 aromatic rings. The van der Waals surface area contributed by atoms with Gasteiger partial charge in [0.2, 0.25) is 5.91 Å². The minimum atomic E-state index is -0.482. The maximum absolute atomic E-state index is 11.8. The Morgan fingerprint density at radius 1 is 1.45 bits per heavy atom. The molecule has 2 aromatic heterocycles. The van der Waals surface area contributed by atoms with E-state index in [4.69, 9.17) is 0 Å². The molecule has 0 aliphatic carbocycles. The second-order valence-electron chi connectivity index (χ2n) is 5.04. The van der Waals surface area contributed by atoms with Gasteiger partial charge in [-0.15, -0.1) is 0 Å². The van der Waals surface area contributed by atoms with E-state index in [1.165, 1.54) is 10.9 Å². The third-order valence-corrected chi connectivity index (χ3v) is 3.42. The lowest BCUT2D eigenvalue weighted by Crippen LogP contribution is -2.24. The highest BCUT2D eigenvalue weighted by Gasteiger charge is 2.16. The summed E-state index contributed by atoms with van der Waals surface area (Å²) in [5.74, 6) is -0.138. The number of hydrogen-bond donors (Lipinski definition) is 1. The van der Waals surface area contributed by atoms with Crippen LogP contribution in [0, 0.1) is 24.0 Å². The monoisotopic (exact) mass is 306 g/mol. The fraction of sp³-hybridized carbons (Fsp3) is 0.462. The van der Waals surface area contributed by atoms with Crippen LogP contribution in [0.4, 0.5) is 5.69 Å². The van der Waals surface area contributed by atoms with Crippen LogP contribution in [0.2, 0.25) is 0 Å². The van der Waals surface area contributed by atoms with Gasteiger partial charge in [0.25, 0.3) is 0 Å². The highest BCUT2D eigenvalue weighted by molar-refractivity contribution is 5.75. The van der Waals surface area contributed by atoms with Gasteiger partial charge in [-0.1, -0.05) is 0 Å². The maximum atomic E-state index is 11.8. The standard InChI is InChI=1S/C13H18N6O3/c1-9-11(8-17(3)16-9)6-14-13(20)4-5-18-10(2)12(7-15-18)19(21)22/h7-8H,4-6H2,1-3H3,(H,14,20). The molecular formula is C13H18N6O3. The number of nitrogens with one attached hydrogen (secondary N) is 1. The number of amides is 1. The summed E-state index contributed by atoms with van der Waals surface area (Å²) in [4.78, 5) is 22.1. The van der Waals surface area contributed by atoms with E-state index in [0.717, 1.165) is 11.3 Å². The molecule has 0 aliphatic rings. The van der Waals surface area contributed by atoms with Gasteiger partial charge in [-0.3, -0.25) is 24.3 Å². The van der Waals surface area contributed by atoms with Crippen molar-refractivity contribution in [1.29, 1.82) is 0 Å². The third-order valence-electron chi connectivity index (χ3n) is 3.42. The van der Waals surface area contributed by atoms with Gasteiger partial charge in [0.15, 0.2) is 0 Å². The van der Waals surface area contributed by atoms with E-state index in [1.807, 2.05) is 20.2 Å². The van der Waals surface area contributed by atoms with E-state index in [2.05, 4.69) is 15.5 Å². The van der Waals surface area contributed by atoms with Crippen LogP contribution in [0.25, 0.3) is 0 Å². The zero-order valence-electron chi connectivity index (χ0n) is 12.7. The maximum Gasteiger partial charge on any atom is 0.309 e. The van der Waals surface area contributed by atoms with Crippen molar-refractivity contribution in [3.8, 4) is 0 Å². The molecule has 0 atom stereocenters. The molecule has 9 nitrogen and oxygen atoms in total. The van der Waals surface area contributed by atoms with E-state index in [9.17, 15) is 14.9 Å². The van der Waals surface area contributed by atoms with E-state index in [-0.39, 0.29) is 18.0 Å². The number of hydrogen-bond acceptors (Lipinski definition) is 5. The molecule has 9 heteroatoms. The van der Waals surface area contributed by atoms with Gasteiger partial charge in [0, 0.05) is 31.8 Å². The van der Waals surface area contributed by atoms with Crippen molar-refractivity contribution in [1.82, 2.24) is 24.9 Å². The molecule has 0 aromatic carbocycles. The molecule has 0 saturated carbocycles. The number of carbonyl (C=O) groups is 1. The average molecular weight is 306 g/mol. The molecule has 0 unspecified atom stereocenters. The number of nitro groups is 1. The van der Waals surface area contributed by atoms with Gasteiger partial charge in [-0.2, -0.15) is 10.2 Å². The van der Waals surface area contributed by atoms with Crippen molar-refractivity contribution in [2.45, 2.75) is 33.4 Å². The summed E-state index contributed by atoms with van der Waals surface area (Å²) in [6.45, 7) is 4.21. The van der Waals surface area contributed by atoms with Crippen molar-refractivity contribution >= 4 is 11.6 Å². The lowest BCUT2D eigenvalue weighted by atomic mass is 10.2. The Kier molecular flexibility index (Phi) is 4.54. The SMILES string of the molecule is Cc1nn(C)cc1CNC(=O)CCn1ncc([N+](=O)[O-])c1C. The Morgan fingerprint density at radius 3 is 2.73 bits per heavy atom. The van der Waals surface area contributed by atoms with E-state index in [0.29, 0.717) is 18.8 Å². The molecular weight excluding hydrogens is 288 g/mol. The Bertz CT molecular complexity index is 703. The van der Waals surface area contributed by atoms with Crippen molar-refractivity contribution in [2.24, 2.45) is 7.05 Å². The van der Waals surface area contributed by atoms with Crippen LogP contribution >= 0.6 is 0 Å². The Hall–Kier alpha value is -2.71. The van der Waals surface area contributed by atoms with E-state index < -0.39 is 4.92 Å². The Morgan fingerprint density at radius 2 is 2.18 bits per heavy atom. The highest BCUT2D eigenvalue weighted by atomic mass is 16.6. The molecule has 118 valence electrons. The van der Waals surface area contributed by atoms with Gasteiger partial charge >= 0.3 is 5.69 Å². The Balaban J connectivity index is 1.85. The summed E-state index contributed by atoms with van der Waals surface area (Å²) < 4.78 is 3.16. The van der Waals surface area contributed by atoms with Crippen LogP contribution in [0.3, 0.4) is 0 Å². The molecule has 0 bridgehead atoms. The number of carbonyl (C=O) groups excluding carboxylic acids is 1. The number of rotatable bonds is 6. The van der Waals surface area contributed by atoms with Crippen LogP contribution in [0.15, 0.2) is 12.4 Å². The summed E-state index contributed by atoms with van der Waals surface area (Å²) in [6, 6.07) is 0. The van der Waals surface area contributed by atoms with E-state index >= 15 is 0 Å². The van der Waals surface area contributed by atoms with Crippen molar-refractivity contribution in [2.75, 3.05) is 0 Å². The topological polar surface area (TPSA) is 108 Å². The first-order chi connectivity index (χ1) is 10.4. The van der Waals surface area contributed by atoms with Gasteiger partial charge in [-0.05, 0) is 13.8 Å². The molecule has 0 radical (unpaired) electrons. The molecule has 0 fully saturated rings. The summed E-state index contributed by atoms with van der Waals surface area (Å²) in [5, 5.41) is 21.7. The third kappa shape index (κ3) is 3.48. The van der Waals surface area contributed by atoms with Crippen LogP contribution in [-0.4, -0.2) is 30.4 Å². The van der Waals surface area contributed by atoms with Crippen molar-refractivity contribution in [3.63, 3.8) is 0 Å². The Labute approximate surface area is 127 Å². The average Bonchev–Trinajstić information content (AvgIpc) is 2.96. The zero-order chi connectivity index (χ0) is 16.3. The molecule has 0 aliphatic heterocycles. The number of aromatic nitrogens is 4. The zero-order valence-corrected chi connectivity index (χ0v) is 12.7. The largest absolute Gasteiger partial charge is 0.352 e. The first-order valence-electron chi connectivity index (χ1n) is 6.81. The first kappa shape index (κ1) is 15.7. The van der Waals surface area contributed by atoms with Crippen LogP contribution in [0.5, 0.6) is 0 Å². The van der Waals surface area contributed by atoms with Crippen LogP contribution in [-0.2, 0) is 24.9 Å². The van der Waals surface area contributed by atoms with Crippen molar-refractivity contribution < 1.29 is 9.72 Å². The highest BCUT2D eigenvalue weighted by Crippen LogP contribution is 2.16. The fourth-order valence-corrected chi connectivity index (χ4v) is 2.15. The fourth-order valence-electron chi connectivity index (χ4n) is 2.15. The minimum Gasteiger partial charge on any atom is -0.352 e. The molecule has 1 N–H and O–H groups in total. The molecule has 0 spiro atoms. The lowest BCUT2D eigenvalue weighted by molar-refractivity contribution is -0.385. The summed E-state index contributed by atoms with van der Waals surface area (Å²) in [7, 11) is 1.83. The van der Waals surface area contributed by atoms with Gasteiger partial charge < -0.3 is 5.32 Å². The van der Waals surface area contributed by atoms with Crippen LogP contribution in [0.1, 0.15) is 23.4 Å². The molecule has 1 amide bonds. The second kappa shape index (κ2) is 6.37. The number of nitrogens with zero attached hydrogens (tertiary/aromatic N) is 5. The van der Waals surface area contributed by atoms with Gasteiger partial charge in [0.05, 0.1) is 17.2 Å². The molecule has 2 rings (SSSR count).